The van der Waals surface area contributed by atoms with E-state index in [1.165, 1.54) is 17.7 Å². The number of likely N-dealkylation sites (tertiary alicyclic amines) is 1. The van der Waals surface area contributed by atoms with Gasteiger partial charge in [-0.1, -0.05) is 55.3 Å². The van der Waals surface area contributed by atoms with Gasteiger partial charge in [0, 0.05) is 13.2 Å². The number of unbranched alkanes of at least 4 members (excludes halogenated alkanes) is 3. The summed E-state index contributed by atoms with van der Waals surface area (Å²) in [5.74, 6) is -0.344. The first kappa shape index (κ1) is 22.4. The lowest BCUT2D eigenvalue weighted by Crippen LogP contribution is -2.63. The summed E-state index contributed by atoms with van der Waals surface area (Å²) in [4.78, 5) is 14.3. The Hall–Kier alpha value is -2.31. The van der Waals surface area contributed by atoms with Crippen molar-refractivity contribution >= 4 is 22.0 Å². The van der Waals surface area contributed by atoms with Gasteiger partial charge in [-0.2, -0.15) is 0 Å². The zero-order valence-electron chi connectivity index (χ0n) is 17.1. The van der Waals surface area contributed by atoms with E-state index < -0.39 is 0 Å². The fourth-order valence-corrected chi connectivity index (χ4v) is 4.20. The lowest BCUT2D eigenvalue weighted by atomic mass is 9.94. The number of carbonyl (C=O) groups excluding carboxylic acids is 1. The molecular formula is C24H28FNO3S. The van der Waals surface area contributed by atoms with Gasteiger partial charge in [0.25, 0.3) is 5.91 Å². The molecule has 3 rings (SSSR count). The molecule has 1 heterocycles. The second kappa shape index (κ2) is 11.8. The van der Waals surface area contributed by atoms with Gasteiger partial charge in [-0.3, -0.25) is 4.79 Å². The maximum atomic E-state index is 12.9. The van der Waals surface area contributed by atoms with E-state index in [-0.39, 0.29) is 17.8 Å². The molecule has 1 fully saturated rings. The molecule has 6 heteroatoms. The van der Waals surface area contributed by atoms with Crippen molar-refractivity contribution in [3.05, 3.63) is 71.5 Å². The average molecular weight is 430 g/mol. The molecule has 30 heavy (non-hydrogen) atoms. The van der Waals surface area contributed by atoms with Crippen LogP contribution in [0.4, 0.5) is 4.39 Å². The first-order chi connectivity index (χ1) is 14.7. The summed E-state index contributed by atoms with van der Waals surface area (Å²) in [6, 6.07) is 16.5. The monoisotopic (exact) mass is 429 g/mol. The lowest BCUT2D eigenvalue weighted by Gasteiger charge is -2.40. The highest BCUT2D eigenvalue weighted by molar-refractivity contribution is 7.69. The van der Waals surface area contributed by atoms with Crippen LogP contribution in [0.5, 0.6) is 0 Å². The summed E-state index contributed by atoms with van der Waals surface area (Å²) < 4.78 is 29.8. The summed E-state index contributed by atoms with van der Waals surface area (Å²) in [7, 11) is 0. The van der Waals surface area contributed by atoms with Crippen molar-refractivity contribution in [2.45, 2.75) is 44.6 Å². The molecule has 0 N–H and O–H groups in total. The second-order valence-electron chi connectivity index (χ2n) is 7.55. The van der Waals surface area contributed by atoms with E-state index in [0.29, 0.717) is 42.3 Å². The molecule has 1 atom stereocenters. The third kappa shape index (κ3) is 6.34. The van der Waals surface area contributed by atoms with Gasteiger partial charge < -0.3 is 9.64 Å². The van der Waals surface area contributed by atoms with Crippen molar-refractivity contribution in [1.29, 1.82) is 0 Å². The van der Waals surface area contributed by atoms with Gasteiger partial charge >= 0.3 is 0 Å². The van der Waals surface area contributed by atoms with Crippen molar-refractivity contribution < 1.29 is 18.1 Å². The highest BCUT2D eigenvalue weighted by atomic mass is 32.1. The van der Waals surface area contributed by atoms with E-state index in [4.69, 9.17) is 4.74 Å². The molecule has 1 amide bonds. The van der Waals surface area contributed by atoms with Gasteiger partial charge in [0.05, 0.1) is 12.6 Å². The van der Waals surface area contributed by atoms with Crippen LogP contribution in [0, 0.1) is 5.82 Å². The molecule has 0 spiro atoms. The molecule has 0 aromatic heterocycles. The Labute approximate surface area is 181 Å². The normalized spacial score (nSPS) is 15.9. The van der Waals surface area contributed by atoms with E-state index in [0.717, 1.165) is 37.7 Å². The molecule has 1 unspecified atom stereocenters. The molecule has 4 nitrogen and oxygen atoms in total. The Kier molecular flexibility index (Phi) is 8.78. The molecule has 1 saturated heterocycles. The number of carbonyl (C=O) groups is 1. The van der Waals surface area contributed by atoms with Crippen LogP contribution in [0.3, 0.4) is 0 Å². The molecule has 1 aliphatic rings. The Morgan fingerprint density at radius 3 is 2.37 bits per heavy atom. The highest BCUT2D eigenvalue weighted by Gasteiger charge is 2.42. The van der Waals surface area contributed by atoms with E-state index in [9.17, 15) is 13.4 Å². The third-order valence-electron chi connectivity index (χ3n) is 5.41. The van der Waals surface area contributed by atoms with Gasteiger partial charge in [0.1, 0.15) is 21.9 Å². The Bertz CT molecular complexity index is 866. The van der Waals surface area contributed by atoms with Crippen LogP contribution in [0.1, 0.15) is 36.8 Å². The predicted molar refractivity (Wildman–Crippen MR) is 118 cm³/mol. The lowest BCUT2D eigenvalue weighted by molar-refractivity contribution is -0.130. The number of amides is 1. The van der Waals surface area contributed by atoms with Crippen LogP contribution in [-0.4, -0.2) is 45.7 Å². The molecule has 2 aromatic carbocycles. The summed E-state index contributed by atoms with van der Waals surface area (Å²) in [5, 5.41) is 0. The predicted octanol–water partition coefficient (Wildman–Crippen LogP) is 3.78. The van der Waals surface area contributed by atoms with Crippen molar-refractivity contribution in [2.24, 2.45) is 0 Å². The largest absolute Gasteiger partial charge is 0.380 e. The third-order valence-corrected chi connectivity index (χ3v) is 6.03. The van der Waals surface area contributed by atoms with Crippen molar-refractivity contribution in [2.75, 3.05) is 19.8 Å². The van der Waals surface area contributed by atoms with E-state index >= 15 is 0 Å². The molecular weight excluding hydrogens is 401 g/mol. The molecule has 1 aliphatic heterocycles. The zero-order chi connectivity index (χ0) is 21.2. The number of ether oxygens (including phenoxy) is 1. The minimum absolute atomic E-state index is 0.127. The van der Waals surface area contributed by atoms with Crippen LogP contribution < -0.4 is 0 Å². The smallest absolute Gasteiger partial charge is 0.265 e. The molecule has 0 saturated carbocycles. The minimum atomic E-state index is -0.192. The summed E-state index contributed by atoms with van der Waals surface area (Å²) in [6.07, 6.45) is 5.91. The fourth-order valence-electron chi connectivity index (χ4n) is 3.69. The zero-order valence-corrected chi connectivity index (χ0v) is 17.9. The quantitative estimate of drug-likeness (QED) is 0.293. The van der Waals surface area contributed by atoms with E-state index in [2.05, 4.69) is 0 Å². The number of benzene rings is 2. The Morgan fingerprint density at radius 1 is 0.900 bits per heavy atom. The number of aryl methyl sites for hydroxylation is 1. The maximum Gasteiger partial charge on any atom is 0.265 e. The van der Waals surface area contributed by atoms with E-state index in [1.54, 1.807) is 4.90 Å². The van der Waals surface area contributed by atoms with Crippen molar-refractivity contribution in [3.63, 3.8) is 0 Å². The fraction of sp³-hybridized carbons (Fsp3) is 0.417. The average Bonchev–Trinajstić information content (AvgIpc) is 2.77. The molecule has 2 aromatic rings. The van der Waals surface area contributed by atoms with Gasteiger partial charge in [-0.05, 0) is 48.9 Å². The summed E-state index contributed by atoms with van der Waals surface area (Å²) >= 11 is 0.321. The molecule has 0 aliphatic carbocycles. The number of hydrogen-bond acceptors (Lipinski definition) is 3. The Morgan fingerprint density at radius 2 is 1.63 bits per heavy atom. The van der Waals surface area contributed by atoms with Crippen molar-refractivity contribution in [3.8, 4) is 0 Å². The van der Waals surface area contributed by atoms with Gasteiger partial charge in [0.15, 0.2) is 0 Å². The van der Waals surface area contributed by atoms with Crippen LogP contribution in [0.15, 0.2) is 54.6 Å². The van der Waals surface area contributed by atoms with Gasteiger partial charge in [0.2, 0.25) is 0 Å². The number of β-lactam (4-membered cyclic amide) rings is 1. The molecule has 0 radical (unpaired) electrons. The van der Waals surface area contributed by atoms with Gasteiger partial charge in [-0.15, -0.1) is 0 Å². The first-order valence-electron chi connectivity index (χ1n) is 10.5. The summed E-state index contributed by atoms with van der Waals surface area (Å²) in [5.41, 5.74) is 2.29. The SMILES string of the molecule is O=S=C1C(=O)N(CCOCCCCCCc2ccc(F)cc2)C1Cc1ccccc1. The van der Waals surface area contributed by atoms with Crippen LogP contribution >= 0.6 is 0 Å². The number of hydrogen-bond donors (Lipinski definition) is 0. The van der Waals surface area contributed by atoms with Crippen LogP contribution in [-0.2, 0) is 33.6 Å². The van der Waals surface area contributed by atoms with Gasteiger partial charge in [-0.25, -0.2) is 8.60 Å². The van der Waals surface area contributed by atoms with E-state index in [1.807, 2.05) is 42.5 Å². The second-order valence-corrected chi connectivity index (χ2v) is 8.16. The highest BCUT2D eigenvalue weighted by Crippen LogP contribution is 2.20. The first-order valence-corrected chi connectivity index (χ1v) is 11.3. The maximum absolute atomic E-state index is 12.9. The number of rotatable bonds is 12. The van der Waals surface area contributed by atoms with Crippen molar-refractivity contribution in [1.82, 2.24) is 4.90 Å². The standard InChI is InChI=1S/C24H28FNO3S/c25-21-13-11-19(12-14-21)8-4-1-2-7-16-29-17-15-26-22(23(30-28)24(26)27)18-20-9-5-3-6-10-20/h3,5-6,9-14,22H,1-2,4,7-8,15-18H2. The van der Waals surface area contributed by atoms with Crippen LogP contribution in [0.2, 0.25) is 0 Å². The minimum Gasteiger partial charge on any atom is -0.380 e. The summed E-state index contributed by atoms with van der Waals surface area (Å²) in [6.45, 7) is 1.68. The molecule has 160 valence electrons. The topological polar surface area (TPSA) is 46.6 Å². The van der Waals surface area contributed by atoms with Crippen LogP contribution in [0.25, 0.3) is 0 Å². The molecule has 0 bridgehead atoms. The Balaban J connectivity index is 1.27. The number of nitrogens with zero attached hydrogens (tertiary/aromatic N) is 1. The number of halogens is 1.